The first-order valence-corrected chi connectivity index (χ1v) is 4.57. The van der Waals surface area contributed by atoms with Crippen molar-refractivity contribution in [3.63, 3.8) is 0 Å². The van der Waals surface area contributed by atoms with E-state index < -0.39 is 12.0 Å². The van der Waals surface area contributed by atoms with Gasteiger partial charge < -0.3 is 16.2 Å². The molecule has 0 aliphatic heterocycles. The van der Waals surface area contributed by atoms with Gasteiger partial charge in [-0.25, -0.2) is 9.97 Å². The van der Waals surface area contributed by atoms with Crippen LogP contribution in [0.3, 0.4) is 0 Å². The molecule has 0 radical (unpaired) electrons. The quantitative estimate of drug-likeness (QED) is 0.634. The fourth-order valence-electron chi connectivity index (χ4n) is 0.732. The number of nitrogens with two attached hydrogens (primary N) is 1. The smallest absolute Gasteiger partial charge is 0.248 e. The molecule has 1 aromatic rings. The summed E-state index contributed by atoms with van der Waals surface area (Å²) in [6, 6.07) is 1.62. The van der Waals surface area contributed by atoms with Gasteiger partial charge >= 0.3 is 0 Å². The second-order valence-electron chi connectivity index (χ2n) is 2.53. The molecule has 0 saturated carbocycles. The number of primary amides is 1. The molecule has 0 fully saturated rings. The number of halogens is 1. The predicted molar refractivity (Wildman–Crippen MR) is 53.4 cm³/mol. The van der Waals surface area contributed by atoms with Crippen molar-refractivity contribution in [2.75, 3.05) is 11.9 Å². The predicted octanol–water partition coefficient (Wildman–Crippen LogP) is -0.503. The molecule has 1 aromatic heterocycles. The molecular weight excluding hydrogens is 252 g/mol. The van der Waals surface area contributed by atoms with Gasteiger partial charge in [0.15, 0.2) is 0 Å². The molecule has 0 aliphatic rings. The zero-order valence-electron chi connectivity index (χ0n) is 7.14. The third-order valence-corrected chi connectivity index (χ3v) is 1.87. The lowest BCUT2D eigenvalue weighted by molar-refractivity contribution is -0.125. The van der Waals surface area contributed by atoms with E-state index in [9.17, 15) is 4.79 Å². The number of hydrogen-bond donors (Lipinski definition) is 3. The van der Waals surface area contributed by atoms with Crippen LogP contribution >= 0.6 is 15.9 Å². The number of nitrogens with one attached hydrogen (secondary N) is 1. The van der Waals surface area contributed by atoms with E-state index in [0.29, 0.717) is 10.4 Å². The van der Waals surface area contributed by atoms with Gasteiger partial charge in [-0.1, -0.05) is 0 Å². The van der Waals surface area contributed by atoms with Gasteiger partial charge in [0.25, 0.3) is 0 Å². The summed E-state index contributed by atoms with van der Waals surface area (Å²) in [5.41, 5.74) is 4.86. The third kappa shape index (κ3) is 3.27. The van der Waals surface area contributed by atoms with Gasteiger partial charge in [-0.15, -0.1) is 0 Å². The van der Waals surface area contributed by atoms with Crippen molar-refractivity contribution in [1.82, 2.24) is 9.97 Å². The van der Waals surface area contributed by atoms with E-state index in [0.717, 1.165) is 0 Å². The van der Waals surface area contributed by atoms with E-state index in [1.54, 1.807) is 6.07 Å². The van der Waals surface area contributed by atoms with Gasteiger partial charge in [-0.2, -0.15) is 0 Å². The van der Waals surface area contributed by atoms with E-state index in [2.05, 4.69) is 31.2 Å². The number of carbonyl (C=O) groups is 1. The lowest BCUT2D eigenvalue weighted by atomic mass is 10.3. The lowest BCUT2D eigenvalue weighted by Crippen LogP contribution is -2.34. The van der Waals surface area contributed by atoms with Crippen LogP contribution < -0.4 is 11.1 Å². The minimum atomic E-state index is -1.22. The summed E-state index contributed by atoms with van der Waals surface area (Å²) in [6.45, 7) is 0.0266. The highest BCUT2D eigenvalue weighted by Gasteiger charge is 2.09. The summed E-state index contributed by atoms with van der Waals surface area (Å²) in [7, 11) is 0. The summed E-state index contributed by atoms with van der Waals surface area (Å²) < 4.78 is 0.614. The Labute approximate surface area is 88.7 Å². The first-order valence-electron chi connectivity index (χ1n) is 3.78. The number of nitrogens with zero attached hydrogens (tertiary/aromatic N) is 2. The summed E-state index contributed by atoms with van der Waals surface area (Å²) in [6.07, 6.45) is 0.132. The van der Waals surface area contributed by atoms with Gasteiger partial charge in [0, 0.05) is 6.07 Å². The van der Waals surface area contributed by atoms with Gasteiger partial charge in [-0.05, 0) is 15.9 Å². The highest BCUT2D eigenvalue weighted by Crippen LogP contribution is 2.08. The Balaban J connectivity index is 2.49. The summed E-state index contributed by atoms with van der Waals surface area (Å²) in [5, 5.41) is 11.8. The van der Waals surface area contributed by atoms with Crippen LogP contribution in [0.25, 0.3) is 0 Å². The SMILES string of the molecule is NC(=O)C(O)CNc1cc(Br)ncn1. The van der Waals surface area contributed by atoms with E-state index >= 15 is 0 Å². The van der Waals surface area contributed by atoms with Crippen molar-refractivity contribution >= 4 is 27.7 Å². The van der Waals surface area contributed by atoms with Crippen LogP contribution in [0.4, 0.5) is 5.82 Å². The van der Waals surface area contributed by atoms with Crippen molar-refractivity contribution in [2.24, 2.45) is 5.73 Å². The fourth-order valence-corrected chi connectivity index (χ4v) is 1.04. The lowest BCUT2D eigenvalue weighted by Gasteiger charge is -2.08. The Bertz CT molecular complexity index is 333. The summed E-state index contributed by atoms with van der Waals surface area (Å²) in [4.78, 5) is 18.1. The Morgan fingerprint density at radius 3 is 3.00 bits per heavy atom. The molecule has 4 N–H and O–H groups in total. The summed E-state index contributed by atoms with van der Waals surface area (Å²) in [5.74, 6) is -0.266. The van der Waals surface area contributed by atoms with Crippen molar-refractivity contribution in [1.29, 1.82) is 0 Å². The van der Waals surface area contributed by atoms with E-state index in [4.69, 9.17) is 10.8 Å². The molecule has 1 heterocycles. The summed E-state index contributed by atoms with van der Waals surface area (Å²) >= 11 is 3.15. The molecule has 7 heteroatoms. The monoisotopic (exact) mass is 260 g/mol. The third-order valence-electron chi connectivity index (χ3n) is 1.44. The zero-order valence-corrected chi connectivity index (χ0v) is 8.73. The molecule has 0 aromatic carbocycles. The highest BCUT2D eigenvalue weighted by atomic mass is 79.9. The van der Waals surface area contributed by atoms with Crippen LogP contribution in [0, 0.1) is 0 Å². The number of aliphatic hydroxyl groups is 1. The highest BCUT2D eigenvalue weighted by molar-refractivity contribution is 9.10. The van der Waals surface area contributed by atoms with Crippen LogP contribution in [0.2, 0.25) is 0 Å². The molecule has 1 atom stereocenters. The molecule has 0 spiro atoms. The topological polar surface area (TPSA) is 101 Å². The Kier molecular flexibility index (Phi) is 3.78. The number of aromatic nitrogens is 2. The number of rotatable bonds is 4. The second kappa shape index (κ2) is 4.87. The molecule has 0 aliphatic carbocycles. The van der Waals surface area contributed by atoms with Crippen LogP contribution in [-0.2, 0) is 4.79 Å². The van der Waals surface area contributed by atoms with Crippen LogP contribution in [0.1, 0.15) is 0 Å². The van der Waals surface area contributed by atoms with Crippen molar-refractivity contribution in [3.8, 4) is 0 Å². The first-order chi connectivity index (χ1) is 6.59. The largest absolute Gasteiger partial charge is 0.381 e. The maximum absolute atomic E-state index is 10.5. The molecule has 76 valence electrons. The van der Waals surface area contributed by atoms with Crippen LogP contribution in [0.5, 0.6) is 0 Å². The fraction of sp³-hybridized carbons (Fsp3) is 0.286. The van der Waals surface area contributed by atoms with Gasteiger partial charge in [0.05, 0.1) is 6.54 Å². The molecule has 14 heavy (non-hydrogen) atoms. The van der Waals surface area contributed by atoms with Gasteiger partial charge in [-0.3, -0.25) is 4.79 Å². The van der Waals surface area contributed by atoms with Gasteiger partial charge in [0.1, 0.15) is 22.9 Å². The Hall–Kier alpha value is -1.21. The molecule has 0 saturated heterocycles. The Morgan fingerprint density at radius 1 is 1.71 bits per heavy atom. The molecule has 6 nitrogen and oxygen atoms in total. The van der Waals surface area contributed by atoms with Crippen LogP contribution in [-0.4, -0.2) is 33.6 Å². The van der Waals surface area contributed by atoms with E-state index in [-0.39, 0.29) is 6.54 Å². The van der Waals surface area contributed by atoms with E-state index in [1.807, 2.05) is 0 Å². The minimum absolute atomic E-state index is 0.0266. The molecular formula is C7H9BrN4O2. The molecule has 1 rings (SSSR count). The number of hydrogen-bond acceptors (Lipinski definition) is 5. The maximum Gasteiger partial charge on any atom is 0.248 e. The van der Waals surface area contributed by atoms with Crippen LogP contribution in [0.15, 0.2) is 17.0 Å². The first kappa shape index (κ1) is 10.9. The molecule has 1 unspecified atom stereocenters. The van der Waals surface area contributed by atoms with Crippen molar-refractivity contribution in [2.45, 2.75) is 6.10 Å². The standard InChI is InChI=1S/C7H9BrN4O2/c8-5-1-6(12-3-11-5)10-2-4(13)7(9)14/h1,3-4,13H,2H2,(H2,9,14)(H,10,11,12). The molecule has 0 bridgehead atoms. The number of anilines is 1. The number of carbonyl (C=O) groups excluding carboxylic acids is 1. The van der Waals surface area contributed by atoms with Crippen molar-refractivity contribution in [3.05, 3.63) is 17.0 Å². The normalized spacial score (nSPS) is 12.1. The average molecular weight is 261 g/mol. The van der Waals surface area contributed by atoms with E-state index in [1.165, 1.54) is 6.33 Å². The number of amides is 1. The average Bonchev–Trinajstić information content (AvgIpc) is 2.14. The van der Waals surface area contributed by atoms with Gasteiger partial charge in [0.2, 0.25) is 5.91 Å². The zero-order chi connectivity index (χ0) is 10.6. The second-order valence-corrected chi connectivity index (χ2v) is 3.34. The van der Waals surface area contributed by atoms with Crippen molar-refractivity contribution < 1.29 is 9.90 Å². The minimum Gasteiger partial charge on any atom is -0.381 e. The number of aliphatic hydroxyl groups excluding tert-OH is 1. The maximum atomic E-state index is 10.5. The molecule has 1 amide bonds. The Morgan fingerprint density at radius 2 is 2.43 bits per heavy atom.